The Bertz CT molecular complexity index is 1670. The Morgan fingerprint density at radius 3 is 2.78 bits per heavy atom. The minimum absolute atomic E-state index is 0.00306. The summed E-state index contributed by atoms with van der Waals surface area (Å²) in [5, 5.41) is 4.14. The van der Waals surface area contributed by atoms with Gasteiger partial charge in [-0.3, -0.25) is 9.88 Å². The zero-order valence-corrected chi connectivity index (χ0v) is 23.1. The minimum Gasteiger partial charge on any atom is -0.461 e. The van der Waals surface area contributed by atoms with E-state index >= 15 is 4.39 Å². The van der Waals surface area contributed by atoms with E-state index in [9.17, 15) is 8.78 Å². The number of piperazine rings is 1. The number of benzene rings is 1. The zero-order valence-electron chi connectivity index (χ0n) is 22.2. The van der Waals surface area contributed by atoms with Gasteiger partial charge in [-0.15, -0.1) is 0 Å². The summed E-state index contributed by atoms with van der Waals surface area (Å²) in [6, 6.07) is 3.22. The average Bonchev–Trinajstić information content (AvgIpc) is 3.68. The number of halogens is 3. The van der Waals surface area contributed by atoms with Gasteiger partial charge in [0.1, 0.15) is 35.6 Å². The Kier molecular flexibility index (Phi) is 5.81. The molecule has 8 rings (SSSR count). The van der Waals surface area contributed by atoms with Crippen LogP contribution in [0.4, 0.5) is 24.1 Å². The van der Waals surface area contributed by atoms with Crippen molar-refractivity contribution in [1.29, 1.82) is 0 Å². The molecule has 0 aliphatic carbocycles. The second-order valence-electron chi connectivity index (χ2n) is 11.7. The fourth-order valence-corrected chi connectivity index (χ4v) is 8.19. The lowest BCUT2D eigenvalue weighted by atomic mass is 9.95. The van der Waals surface area contributed by atoms with E-state index in [0.29, 0.717) is 29.7 Å². The largest absolute Gasteiger partial charge is 0.461 e. The van der Waals surface area contributed by atoms with Crippen molar-refractivity contribution in [2.45, 2.75) is 55.9 Å². The first kappa shape index (κ1) is 25.4. The van der Waals surface area contributed by atoms with Gasteiger partial charge in [-0.25, -0.2) is 18.2 Å². The molecule has 214 valence electrons. The first-order chi connectivity index (χ1) is 19.9. The van der Waals surface area contributed by atoms with Crippen LogP contribution >= 0.6 is 11.3 Å². The van der Waals surface area contributed by atoms with Crippen LogP contribution in [0.15, 0.2) is 18.3 Å². The van der Waals surface area contributed by atoms with Gasteiger partial charge in [0.15, 0.2) is 10.9 Å². The van der Waals surface area contributed by atoms with Gasteiger partial charge in [0.05, 0.1) is 21.1 Å². The Morgan fingerprint density at radius 2 is 1.95 bits per heavy atom. The molecule has 7 heterocycles. The lowest BCUT2D eigenvalue weighted by molar-refractivity contribution is 0.107. The molecular formula is C28H29F3N8OS. The third kappa shape index (κ3) is 3.96. The first-order valence-electron chi connectivity index (χ1n) is 14.1. The number of rotatable bonds is 5. The maximum atomic E-state index is 16.5. The van der Waals surface area contributed by atoms with Crippen LogP contribution in [0.5, 0.6) is 6.01 Å². The number of pyridine rings is 1. The molecule has 9 nitrogen and oxygen atoms in total. The first-order valence-corrected chi connectivity index (χ1v) is 14.9. The summed E-state index contributed by atoms with van der Waals surface area (Å²) in [6.45, 7) is 3.11. The van der Waals surface area contributed by atoms with Crippen LogP contribution in [0, 0.1) is 11.6 Å². The Labute approximate surface area is 237 Å². The lowest BCUT2D eigenvalue weighted by Crippen LogP contribution is -2.52. The molecule has 0 radical (unpaired) electrons. The fraction of sp³-hybridized carbons (Fsp3) is 0.500. The van der Waals surface area contributed by atoms with E-state index in [4.69, 9.17) is 15.5 Å². The minimum atomic E-state index is -0.887. The number of nitrogens with two attached hydrogens (primary N) is 1. The molecular weight excluding hydrogens is 553 g/mol. The number of anilines is 2. The molecule has 0 amide bonds. The number of hydrogen-bond donors (Lipinski definition) is 2. The topological polar surface area (TPSA) is 105 Å². The van der Waals surface area contributed by atoms with Gasteiger partial charge < -0.3 is 20.7 Å². The number of thiazole rings is 1. The predicted octanol–water partition coefficient (Wildman–Crippen LogP) is 4.06. The SMILES string of the molecule is Nc1nc2c(-c3ncc4c(N5[C@@H]6CC[C@H]5CNC6)nc(OC[C@@]56CCCN5C[C@H](F)C6)nc4c3F)ccc(F)c2s1. The highest BCUT2D eigenvalue weighted by Gasteiger charge is 2.49. The molecule has 3 N–H and O–H groups in total. The van der Waals surface area contributed by atoms with Crippen molar-refractivity contribution in [2.24, 2.45) is 0 Å². The van der Waals surface area contributed by atoms with E-state index in [1.54, 1.807) is 6.20 Å². The number of fused-ring (bicyclic) bond motifs is 5. The normalized spacial score (nSPS) is 27.8. The molecule has 4 saturated heterocycles. The molecule has 4 fully saturated rings. The van der Waals surface area contributed by atoms with Gasteiger partial charge in [-0.1, -0.05) is 11.3 Å². The number of hydrogen-bond acceptors (Lipinski definition) is 10. The molecule has 2 bridgehead atoms. The number of nitrogen functional groups attached to an aromatic ring is 1. The molecule has 41 heavy (non-hydrogen) atoms. The Balaban J connectivity index is 1.26. The summed E-state index contributed by atoms with van der Waals surface area (Å²) < 4.78 is 51.8. The van der Waals surface area contributed by atoms with E-state index < -0.39 is 23.3 Å². The summed E-state index contributed by atoms with van der Waals surface area (Å²) in [6.07, 6.45) is 4.94. The van der Waals surface area contributed by atoms with Crippen molar-refractivity contribution in [3.8, 4) is 17.3 Å². The molecule has 4 aliphatic heterocycles. The maximum Gasteiger partial charge on any atom is 0.319 e. The Morgan fingerprint density at radius 1 is 1.12 bits per heavy atom. The summed E-state index contributed by atoms with van der Waals surface area (Å²) >= 11 is 1.01. The van der Waals surface area contributed by atoms with E-state index in [-0.39, 0.29) is 51.3 Å². The predicted molar refractivity (Wildman–Crippen MR) is 151 cm³/mol. The van der Waals surface area contributed by atoms with Crippen molar-refractivity contribution < 1.29 is 17.9 Å². The van der Waals surface area contributed by atoms with Gasteiger partial charge in [-0.2, -0.15) is 9.97 Å². The van der Waals surface area contributed by atoms with Gasteiger partial charge in [0, 0.05) is 49.9 Å². The summed E-state index contributed by atoms with van der Waals surface area (Å²) in [5.74, 6) is -0.547. The van der Waals surface area contributed by atoms with Crippen LogP contribution in [0.3, 0.4) is 0 Å². The van der Waals surface area contributed by atoms with Crippen LogP contribution in [-0.4, -0.2) is 81.4 Å². The number of ether oxygens (including phenoxy) is 1. The van der Waals surface area contributed by atoms with Crippen LogP contribution in [0.2, 0.25) is 0 Å². The average molecular weight is 583 g/mol. The fourth-order valence-electron chi connectivity index (χ4n) is 7.43. The molecule has 4 atom stereocenters. The van der Waals surface area contributed by atoms with Gasteiger partial charge >= 0.3 is 6.01 Å². The highest BCUT2D eigenvalue weighted by atomic mass is 32.1. The molecule has 1 aromatic carbocycles. The number of aromatic nitrogens is 4. The quantitative estimate of drug-likeness (QED) is 0.361. The molecule has 3 aromatic heterocycles. The monoisotopic (exact) mass is 582 g/mol. The number of alkyl halides is 1. The van der Waals surface area contributed by atoms with Crippen molar-refractivity contribution in [3.05, 3.63) is 30.0 Å². The van der Waals surface area contributed by atoms with E-state index in [2.05, 4.69) is 30.1 Å². The molecule has 0 saturated carbocycles. The second-order valence-corrected chi connectivity index (χ2v) is 12.7. The Hall–Kier alpha value is -3.29. The van der Waals surface area contributed by atoms with Gasteiger partial charge in [-0.05, 0) is 44.4 Å². The van der Waals surface area contributed by atoms with E-state index in [1.165, 1.54) is 12.1 Å². The highest BCUT2D eigenvalue weighted by molar-refractivity contribution is 7.22. The van der Waals surface area contributed by atoms with E-state index in [0.717, 1.165) is 56.7 Å². The van der Waals surface area contributed by atoms with Gasteiger partial charge in [0.2, 0.25) is 0 Å². The summed E-state index contributed by atoms with van der Waals surface area (Å²) in [7, 11) is 0. The summed E-state index contributed by atoms with van der Waals surface area (Å²) in [4.78, 5) is 22.6. The smallest absolute Gasteiger partial charge is 0.319 e. The van der Waals surface area contributed by atoms with Crippen molar-refractivity contribution in [3.63, 3.8) is 0 Å². The van der Waals surface area contributed by atoms with Crippen molar-refractivity contribution in [1.82, 2.24) is 30.2 Å². The van der Waals surface area contributed by atoms with Gasteiger partial charge in [0.25, 0.3) is 0 Å². The highest BCUT2D eigenvalue weighted by Crippen LogP contribution is 2.42. The van der Waals surface area contributed by atoms with E-state index in [1.807, 2.05) is 0 Å². The molecule has 13 heteroatoms. The third-order valence-corrected chi connectivity index (χ3v) is 10.2. The second kappa shape index (κ2) is 9.36. The van der Waals surface area contributed by atoms with Crippen LogP contribution < -0.4 is 20.7 Å². The number of nitrogens with one attached hydrogen (secondary N) is 1. The lowest BCUT2D eigenvalue weighted by Gasteiger charge is -2.37. The molecule has 4 aliphatic rings. The summed E-state index contributed by atoms with van der Waals surface area (Å²) in [5.41, 5.74) is 6.15. The third-order valence-electron chi connectivity index (χ3n) is 9.27. The van der Waals surface area contributed by atoms with Crippen molar-refractivity contribution in [2.75, 3.05) is 43.4 Å². The number of nitrogens with zero attached hydrogens (tertiary/aromatic N) is 6. The molecule has 4 aromatic rings. The molecule has 0 spiro atoms. The van der Waals surface area contributed by atoms with Crippen LogP contribution in [-0.2, 0) is 0 Å². The van der Waals surface area contributed by atoms with Crippen molar-refractivity contribution >= 4 is 43.4 Å². The molecule has 0 unspecified atom stereocenters. The van der Waals surface area contributed by atoms with Crippen LogP contribution in [0.25, 0.3) is 32.4 Å². The zero-order chi connectivity index (χ0) is 27.9. The van der Waals surface area contributed by atoms with Crippen LogP contribution in [0.1, 0.15) is 32.1 Å². The maximum absolute atomic E-state index is 16.5. The standard InChI is InChI=1S/C28H29F3N8OS/c29-14-8-28(6-1-7-38(28)12-14)13-40-27-36-22-18(25(37-27)39-15-2-3-16(39)10-33-9-15)11-34-21(20(22)31)17-4-5-19(30)24-23(17)35-26(32)41-24/h4-5,11,14-16,33H,1-3,6-10,12-13H2,(H2,32,35)/t14-,15-,16+,28+/m1/s1.